The van der Waals surface area contributed by atoms with E-state index >= 15 is 0 Å². The molecule has 0 radical (unpaired) electrons. The van der Waals surface area contributed by atoms with E-state index in [4.69, 9.17) is 9.47 Å². The summed E-state index contributed by atoms with van der Waals surface area (Å²) in [4.78, 5) is 19.5. The van der Waals surface area contributed by atoms with Crippen LogP contribution in [0.1, 0.15) is 31.7 Å². The number of rotatable bonds is 7. The summed E-state index contributed by atoms with van der Waals surface area (Å²) in [5.41, 5.74) is 1.18. The quantitative estimate of drug-likeness (QED) is 0.670. The molecule has 6 heteroatoms. The van der Waals surface area contributed by atoms with Gasteiger partial charge in [0, 0.05) is 50.9 Å². The van der Waals surface area contributed by atoms with Gasteiger partial charge in [0.1, 0.15) is 5.75 Å². The van der Waals surface area contributed by atoms with Crippen molar-refractivity contribution in [1.82, 2.24) is 14.7 Å². The fourth-order valence-electron chi connectivity index (χ4n) is 4.63. The van der Waals surface area contributed by atoms with Gasteiger partial charge in [-0.05, 0) is 32.3 Å². The third-order valence-electron chi connectivity index (χ3n) is 6.34. The molecule has 3 heterocycles. The molecule has 2 atom stereocenters. The third kappa shape index (κ3) is 4.50. The Morgan fingerprint density at radius 2 is 2.00 bits per heavy atom. The number of carbonyl (C=O) groups excluding carboxylic acids is 1. The molecule has 1 amide bonds. The van der Waals surface area contributed by atoms with Crippen LogP contribution in [-0.2, 0) is 16.1 Å². The molecule has 3 aliphatic rings. The molecule has 28 heavy (non-hydrogen) atoms. The summed E-state index contributed by atoms with van der Waals surface area (Å²) >= 11 is 0. The second-order valence-electron chi connectivity index (χ2n) is 8.20. The number of para-hydroxylation sites is 1. The monoisotopic (exact) mass is 387 g/mol. The molecule has 0 aromatic heterocycles. The molecule has 3 aliphatic heterocycles. The number of ether oxygens (including phenoxy) is 2. The second kappa shape index (κ2) is 9.25. The fourth-order valence-corrected chi connectivity index (χ4v) is 4.63. The number of amides is 1. The van der Waals surface area contributed by atoms with Gasteiger partial charge in [0.25, 0.3) is 0 Å². The lowest BCUT2D eigenvalue weighted by Crippen LogP contribution is -2.58. The fraction of sp³-hybridized carbons (Fsp3) is 0.682. The zero-order valence-corrected chi connectivity index (χ0v) is 17.0. The van der Waals surface area contributed by atoms with Crippen molar-refractivity contribution in [3.8, 4) is 5.75 Å². The number of carbonyl (C=O) groups is 1. The number of hydrogen-bond acceptors (Lipinski definition) is 5. The predicted octanol–water partition coefficient (Wildman–Crippen LogP) is 1.98. The van der Waals surface area contributed by atoms with E-state index < -0.39 is 0 Å². The Morgan fingerprint density at radius 3 is 2.86 bits per heavy atom. The van der Waals surface area contributed by atoms with Crippen molar-refractivity contribution in [2.45, 2.75) is 44.8 Å². The first kappa shape index (κ1) is 19.7. The third-order valence-corrected chi connectivity index (χ3v) is 6.34. The first-order valence-electron chi connectivity index (χ1n) is 10.8. The molecule has 154 valence electrons. The summed E-state index contributed by atoms with van der Waals surface area (Å²) < 4.78 is 11.5. The summed E-state index contributed by atoms with van der Waals surface area (Å²) in [6.45, 7) is 10.2. The van der Waals surface area contributed by atoms with Crippen molar-refractivity contribution < 1.29 is 14.3 Å². The van der Waals surface area contributed by atoms with E-state index in [0.717, 1.165) is 84.1 Å². The van der Waals surface area contributed by atoms with Crippen molar-refractivity contribution in [3.05, 3.63) is 29.8 Å². The zero-order valence-electron chi connectivity index (χ0n) is 17.0. The van der Waals surface area contributed by atoms with Gasteiger partial charge in [0.2, 0.25) is 5.91 Å². The molecular weight excluding hydrogens is 354 g/mol. The van der Waals surface area contributed by atoms with Gasteiger partial charge in [-0.25, -0.2) is 0 Å². The number of piperazine rings is 1. The molecule has 4 rings (SSSR count). The van der Waals surface area contributed by atoms with E-state index in [9.17, 15) is 4.79 Å². The van der Waals surface area contributed by atoms with Crippen LogP contribution >= 0.6 is 0 Å². The van der Waals surface area contributed by atoms with Crippen LogP contribution in [0, 0.1) is 0 Å². The van der Waals surface area contributed by atoms with Crippen LogP contribution in [0.15, 0.2) is 24.3 Å². The molecule has 0 spiro atoms. The lowest BCUT2D eigenvalue weighted by molar-refractivity contribution is -0.143. The van der Waals surface area contributed by atoms with Gasteiger partial charge >= 0.3 is 0 Å². The maximum Gasteiger partial charge on any atom is 0.239 e. The standard InChI is InChI=1S/C22H33N3O3/c1-18-22(26)25-10-4-7-20(25)17-24(18)16-19-6-2-3-8-21(19)28-13-5-9-23-11-14-27-15-12-23/h2-3,6,8,18,20H,4-5,7,9-17H2,1H3/t18-,20+/m0/s1. The zero-order chi connectivity index (χ0) is 19.3. The summed E-state index contributed by atoms with van der Waals surface area (Å²) in [6, 6.07) is 8.63. The van der Waals surface area contributed by atoms with Crippen LogP contribution in [-0.4, -0.2) is 85.2 Å². The molecule has 0 aliphatic carbocycles. The Balaban J connectivity index is 1.31. The van der Waals surface area contributed by atoms with E-state index in [0.29, 0.717) is 6.04 Å². The van der Waals surface area contributed by atoms with Gasteiger partial charge in [-0.2, -0.15) is 0 Å². The molecule has 0 saturated carbocycles. The Labute approximate surface area is 168 Å². The normalized spacial score (nSPS) is 26.5. The average Bonchev–Trinajstić information content (AvgIpc) is 3.20. The highest BCUT2D eigenvalue weighted by molar-refractivity contribution is 5.83. The smallest absolute Gasteiger partial charge is 0.239 e. The predicted molar refractivity (Wildman–Crippen MR) is 108 cm³/mol. The van der Waals surface area contributed by atoms with E-state index in [2.05, 4.69) is 32.9 Å². The number of fused-ring (bicyclic) bond motifs is 1. The van der Waals surface area contributed by atoms with Gasteiger partial charge in [-0.3, -0.25) is 14.6 Å². The van der Waals surface area contributed by atoms with Gasteiger partial charge < -0.3 is 14.4 Å². The highest BCUT2D eigenvalue weighted by atomic mass is 16.5. The summed E-state index contributed by atoms with van der Waals surface area (Å²) in [7, 11) is 0. The van der Waals surface area contributed by atoms with Crippen LogP contribution in [0.5, 0.6) is 5.75 Å². The first-order chi connectivity index (χ1) is 13.7. The maximum atomic E-state index is 12.7. The van der Waals surface area contributed by atoms with Crippen LogP contribution in [0.2, 0.25) is 0 Å². The van der Waals surface area contributed by atoms with E-state index in [-0.39, 0.29) is 11.9 Å². The van der Waals surface area contributed by atoms with E-state index in [1.807, 2.05) is 13.0 Å². The molecule has 3 fully saturated rings. The molecule has 6 nitrogen and oxygen atoms in total. The number of hydrogen-bond donors (Lipinski definition) is 0. The van der Waals surface area contributed by atoms with Crippen molar-refractivity contribution >= 4 is 5.91 Å². The average molecular weight is 388 g/mol. The molecule has 1 aromatic rings. The van der Waals surface area contributed by atoms with Crippen LogP contribution < -0.4 is 4.74 Å². The van der Waals surface area contributed by atoms with Crippen molar-refractivity contribution in [2.75, 3.05) is 52.5 Å². The Kier molecular flexibility index (Phi) is 6.50. The second-order valence-corrected chi connectivity index (χ2v) is 8.20. The lowest BCUT2D eigenvalue weighted by atomic mass is 10.1. The molecule has 0 bridgehead atoms. The van der Waals surface area contributed by atoms with Crippen molar-refractivity contribution in [2.24, 2.45) is 0 Å². The van der Waals surface area contributed by atoms with Crippen LogP contribution in [0.25, 0.3) is 0 Å². The lowest BCUT2D eigenvalue weighted by Gasteiger charge is -2.41. The van der Waals surface area contributed by atoms with E-state index in [1.54, 1.807) is 0 Å². The summed E-state index contributed by atoms with van der Waals surface area (Å²) in [5.74, 6) is 1.25. The Hall–Kier alpha value is -1.63. The maximum absolute atomic E-state index is 12.7. The largest absolute Gasteiger partial charge is 0.493 e. The SMILES string of the molecule is C[C@H]1C(=O)N2CCC[C@@H]2CN1Cc1ccccc1OCCCN1CCOCC1. The first-order valence-corrected chi connectivity index (χ1v) is 10.8. The number of morpholine rings is 1. The van der Waals surface area contributed by atoms with Gasteiger partial charge in [-0.15, -0.1) is 0 Å². The molecule has 0 N–H and O–H groups in total. The minimum Gasteiger partial charge on any atom is -0.493 e. The van der Waals surface area contributed by atoms with Gasteiger partial charge in [-0.1, -0.05) is 18.2 Å². The highest BCUT2D eigenvalue weighted by Crippen LogP contribution is 2.28. The van der Waals surface area contributed by atoms with Gasteiger partial charge in [0.05, 0.1) is 25.9 Å². The summed E-state index contributed by atoms with van der Waals surface area (Å²) in [5, 5.41) is 0. The van der Waals surface area contributed by atoms with Crippen molar-refractivity contribution in [1.29, 1.82) is 0 Å². The number of benzene rings is 1. The highest BCUT2D eigenvalue weighted by Gasteiger charge is 2.40. The molecule has 1 aromatic carbocycles. The Bertz CT molecular complexity index is 662. The van der Waals surface area contributed by atoms with Crippen LogP contribution in [0.3, 0.4) is 0 Å². The molecular formula is C22H33N3O3. The molecule has 0 unspecified atom stereocenters. The minimum absolute atomic E-state index is 0.0521. The Morgan fingerprint density at radius 1 is 1.18 bits per heavy atom. The number of nitrogens with zero attached hydrogens (tertiary/aromatic N) is 3. The molecule has 3 saturated heterocycles. The van der Waals surface area contributed by atoms with Gasteiger partial charge in [0.15, 0.2) is 0 Å². The summed E-state index contributed by atoms with van der Waals surface area (Å²) in [6.07, 6.45) is 3.29. The van der Waals surface area contributed by atoms with Crippen molar-refractivity contribution in [3.63, 3.8) is 0 Å². The van der Waals surface area contributed by atoms with Crippen LogP contribution in [0.4, 0.5) is 0 Å². The topological polar surface area (TPSA) is 45.2 Å². The minimum atomic E-state index is -0.0521. The van der Waals surface area contributed by atoms with E-state index in [1.165, 1.54) is 5.56 Å².